The second-order valence-electron chi connectivity index (χ2n) is 7.77. The lowest BCUT2D eigenvalue weighted by Gasteiger charge is -2.33. The fraction of sp³-hybridized carbons (Fsp3) is 0.636. The predicted molar refractivity (Wildman–Crippen MR) is 132 cm³/mol. The highest BCUT2D eigenvalue weighted by Crippen LogP contribution is 2.13. The Morgan fingerprint density at radius 1 is 1.17 bits per heavy atom. The fourth-order valence-electron chi connectivity index (χ4n) is 3.29. The van der Waals surface area contributed by atoms with Crippen LogP contribution in [0.15, 0.2) is 35.3 Å². The van der Waals surface area contributed by atoms with Gasteiger partial charge < -0.3 is 15.5 Å². The van der Waals surface area contributed by atoms with Crippen LogP contribution < -0.4 is 10.6 Å². The summed E-state index contributed by atoms with van der Waals surface area (Å²) in [5, 5.41) is 6.95. The third kappa shape index (κ3) is 10.3. The molecule has 0 radical (unpaired) electrons. The Labute approximate surface area is 193 Å². The second kappa shape index (κ2) is 14.6. The molecule has 7 heteroatoms. The topological polar surface area (TPSA) is 60.0 Å². The lowest BCUT2D eigenvalue weighted by molar-refractivity contribution is -0.127. The van der Waals surface area contributed by atoms with Crippen molar-refractivity contribution < 1.29 is 4.79 Å². The van der Waals surface area contributed by atoms with Crippen LogP contribution in [0.2, 0.25) is 0 Å². The maximum atomic E-state index is 11.9. The van der Waals surface area contributed by atoms with Crippen molar-refractivity contribution in [1.82, 2.24) is 20.4 Å². The lowest BCUT2D eigenvalue weighted by Crippen LogP contribution is -2.49. The van der Waals surface area contributed by atoms with E-state index < -0.39 is 0 Å². The van der Waals surface area contributed by atoms with Crippen LogP contribution in [0.4, 0.5) is 0 Å². The van der Waals surface area contributed by atoms with Gasteiger partial charge in [0.05, 0.1) is 0 Å². The molecule has 1 aliphatic heterocycles. The van der Waals surface area contributed by atoms with E-state index in [4.69, 9.17) is 0 Å². The highest BCUT2D eigenvalue weighted by Gasteiger charge is 2.20. The first-order valence-electron chi connectivity index (χ1n) is 10.6. The van der Waals surface area contributed by atoms with Gasteiger partial charge in [-0.05, 0) is 24.8 Å². The molecule has 0 aliphatic carbocycles. The maximum Gasteiger partial charge on any atom is 0.243 e. The van der Waals surface area contributed by atoms with Crippen LogP contribution >= 0.6 is 24.0 Å². The van der Waals surface area contributed by atoms with Gasteiger partial charge in [0.15, 0.2) is 5.96 Å². The second-order valence-corrected chi connectivity index (χ2v) is 7.77. The first-order chi connectivity index (χ1) is 13.6. The van der Waals surface area contributed by atoms with Gasteiger partial charge in [-0.2, -0.15) is 0 Å². The van der Waals surface area contributed by atoms with Crippen LogP contribution in [0.5, 0.6) is 0 Å². The summed E-state index contributed by atoms with van der Waals surface area (Å²) >= 11 is 0. The van der Waals surface area contributed by atoms with Crippen molar-refractivity contribution in [2.24, 2.45) is 4.99 Å². The molecule has 1 heterocycles. The summed E-state index contributed by atoms with van der Waals surface area (Å²) in [5.41, 5.74) is 1.37. The number of nitrogens with one attached hydrogen (secondary N) is 2. The Balaban J connectivity index is 0.00000420. The molecule has 0 aromatic heterocycles. The molecule has 0 saturated carbocycles. The van der Waals surface area contributed by atoms with E-state index in [1.54, 1.807) is 19.0 Å². The Hall–Kier alpha value is -1.35. The quantitative estimate of drug-likeness (QED) is 0.230. The zero-order valence-corrected chi connectivity index (χ0v) is 20.5. The van der Waals surface area contributed by atoms with E-state index in [1.165, 1.54) is 18.4 Å². The van der Waals surface area contributed by atoms with Crippen LogP contribution in [0, 0.1) is 0 Å². The minimum absolute atomic E-state index is 0. The number of piperidine rings is 1. The van der Waals surface area contributed by atoms with E-state index in [9.17, 15) is 4.79 Å². The molecule has 1 aromatic rings. The van der Waals surface area contributed by atoms with Gasteiger partial charge in [-0.25, -0.2) is 4.99 Å². The number of nitrogens with zero attached hydrogens (tertiary/aromatic N) is 3. The number of halogens is 1. The van der Waals surface area contributed by atoms with Crippen LogP contribution in [-0.4, -0.2) is 68.0 Å². The van der Waals surface area contributed by atoms with Crippen LogP contribution in [0.25, 0.3) is 0 Å². The number of aliphatic imine (C=N–C) groups is 1. The minimum atomic E-state index is 0. The summed E-state index contributed by atoms with van der Waals surface area (Å²) in [6.45, 7) is 6.44. The van der Waals surface area contributed by atoms with E-state index in [0.29, 0.717) is 6.04 Å². The van der Waals surface area contributed by atoms with Crippen LogP contribution in [0.3, 0.4) is 0 Å². The van der Waals surface area contributed by atoms with Crippen molar-refractivity contribution in [1.29, 1.82) is 0 Å². The number of carbonyl (C=O) groups is 1. The zero-order valence-electron chi connectivity index (χ0n) is 18.2. The molecule has 1 saturated heterocycles. The molecule has 0 spiro atoms. The van der Waals surface area contributed by atoms with Gasteiger partial charge in [-0.3, -0.25) is 9.69 Å². The highest BCUT2D eigenvalue weighted by molar-refractivity contribution is 14.0. The maximum absolute atomic E-state index is 11.9. The van der Waals surface area contributed by atoms with Gasteiger partial charge in [-0.1, -0.05) is 50.1 Å². The average molecular weight is 515 g/mol. The normalized spacial score (nSPS) is 15.5. The Kier molecular flexibility index (Phi) is 12.9. The van der Waals surface area contributed by atoms with Gasteiger partial charge in [0, 0.05) is 46.3 Å². The van der Waals surface area contributed by atoms with Gasteiger partial charge in [0.1, 0.15) is 6.54 Å². The molecule has 1 amide bonds. The smallest absolute Gasteiger partial charge is 0.243 e. The summed E-state index contributed by atoms with van der Waals surface area (Å²) in [4.78, 5) is 20.5. The molecule has 1 aliphatic rings. The molecule has 2 N–H and O–H groups in total. The fourth-order valence-corrected chi connectivity index (χ4v) is 3.29. The molecule has 0 atom stereocenters. The number of hydrogen-bond acceptors (Lipinski definition) is 3. The third-order valence-corrected chi connectivity index (χ3v) is 5.12. The molecule has 6 nitrogen and oxygen atoms in total. The molecule has 0 unspecified atom stereocenters. The van der Waals surface area contributed by atoms with Crippen LogP contribution in [-0.2, 0) is 11.3 Å². The minimum Gasteiger partial charge on any atom is -0.356 e. The largest absolute Gasteiger partial charge is 0.356 e. The number of unbranched alkanes of at least 4 members (excludes halogenated alkanes) is 2. The van der Waals surface area contributed by atoms with Crippen molar-refractivity contribution >= 4 is 35.8 Å². The summed E-state index contributed by atoms with van der Waals surface area (Å²) in [5.74, 6) is 0.792. The number of carbonyl (C=O) groups excluding carboxylic acids is 1. The molecule has 164 valence electrons. The van der Waals surface area contributed by atoms with E-state index >= 15 is 0 Å². The number of guanidine groups is 1. The van der Waals surface area contributed by atoms with E-state index in [2.05, 4.69) is 57.8 Å². The van der Waals surface area contributed by atoms with Crippen LogP contribution in [0.1, 0.15) is 44.6 Å². The molecule has 1 fully saturated rings. The van der Waals surface area contributed by atoms with E-state index in [0.717, 1.165) is 51.4 Å². The van der Waals surface area contributed by atoms with Gasteiger partial charge in [0.2, 0.25) is 5.91 Å². The molecule has 2 rings (SSSR count). The average Bonchev–Trinajstić information content (AvgIpc) is 2.71. The van der Waals surface area contributed by atoms with Crippen molar-refractivity contribution in [2.45, 2.75) is 51.6 Å². The molecule has 29 heavy (non-hydrogen) atoms. The SMILES string of the molecule is CCCCCNC(=NCC(=O)N(C)C)NC1CCN(Cc2ccccc2)CC1.I. The summed E-state index contributed by atoms with van der Waals surface area (Å²) < 4.78 is 0. The molecule has 1 aromatic carbocycles. The van der Waals surface area contributed by atoms with Crippen molar-refractivity contribution in [3.05, 3.63) is 35.9 Å². The highest BCUT2D eigenvalue weighted by atomic mass is 127. The summed E-state index contributed by atoms with van der Waals surface area (Å²) in [7, 11) is 3.53. The van der Waals surface area contributed by atoms with Crippen molar-refractivity contribution in [3.8, 4) is 0 Å². The first kappa shape index (κ1) is 25.7. The summed E-state index contributed by atoms with van der Waals surface area (Å²) in [6, 6.07) is 11.1. The van der Waals surface area contributed by atoms with Gasteiger partial charge >= 0.3 is 0 Å². The standard InChI is InChI=1S/C22H37N5O.HI/c1-4-5-9-14-23-22(24-17-21(28)26(2)3)25-20-12-15-27(16-13-20)18-19-10-7-6-8-11-19;/h6-8,10-11,20H,4-5,9,12-18H2,1-3H3,(H2,23,24,25);1H. The number of likely N-dealkylation sites (N-methyl/N-ethyl adjacent to an activating group) is 1. The number of rotatable bonds is 9. The molecular formula is C22H38IN5O. The molecular weight excluding hydrogens is 477 g/mol. The lowest BCUT2D eigenvalue weighted by atomic mass is 10.0. The zero-order chi connectivity index (χ0) is 20.2. The Morgan fingerprint density at radius 2 is 1.86 bits per heavy atom. The first-order valence-corrected chi connectivity index (χ1v) is 10.6. The van der Waals surface area contributed by atoms with Gasteiger partial charge in [-0.15, -0.1) is 24.0 Å². The predicted octanol–water partition coefficient (Wildman–Crippen LogP) is 3.08. The third-order valence-electron chi connectivity index (χ3n) is 5.12. The Bertz CT molecular complexity index is 600. The number of likely N-dealkylation sites (tertiary alicyclic amines) is 1. The summed E-state index contributed by atoms with van der Waals surface area (Å²) in [6.07, 6.45) is 5.69. The van der Waals surface area contributed by atoms with E-state index in [-0.39, 0.29) is 36.4 Å². The monoisotopic (exact) mass is 515 g/mol. The number of hydrogen-bond donors (Lipinski definition) is 2. The molecule has 0 bridgehead atoms. The van der Waals surface area contributed by atoms with Crippen molar-refractivity contribution in [2.75, 3.05) is 40.3 Å². The van der Waals surface area contributed by atoms with Gasteiger partial charge in [0.25, 0.3) is 0 Å². The Morgan fingerprint density at radius 3 is 2.48 bits per heavy atom. The van der Waals surface area contributed by atoms with Crippen molar-refractivity contribution in [3.63, 3.8) is 0 Å². The number of benzene rings is 1. The van der Waals surface area contributed by atoms with E-state index in [1.807, 2.05) is 0 Å². The number of amides is 1.